The van der Waals surface area contributed by atoms with E-state index in [1.54, 1.807) is 26.4 Å². The summed E-state index contributed by atoms with van der Waals surface area (Å²) in [6.45, 7) is -0.0605. The molecule has 0 amide bonds. The molecule has 0 saturated heterocycles. The molecule has 0 atom stereocenters. The lowest BCUT2D eigenvalue weighted by Crippen LogP contribution is -2.09. The van der Waals surface area contributed by atoms with Crippen LogP contribution in [0, 0.1) is 0 Å². The zero-order valence-electron chi connectivity index (χ0n) is 14.4. The highest BCUT2D eigenvalue weighted by Gasteiger charge is 2.17. The molecular weight excluding hydrogens is 328 g/mol. The fourth-order valence-electron chi connectivity index (χ4n) is 2.34. The zero-order chi connectivity index (χ0) is 18.2. The molecule has 0 unspecified atom stereocenters. The molecule has 0 fully saturated rings. The average Bonchev–Trinajstić information content (AvgIpc) is 3.12. The van der Waals surface area contributed by atoms with E-state index in [0.29, 0.717) is 23.5 Å². The predicted octanol–water partition coefficient (Wildman–Crippen LogP) is 2.76. The molecule has 1 heterocycles. The van der Waals surface area contributed by atoms with Gasteiger partial charge in [-0.25, -0.2) is 4.79 Å². The van der Waals surface area contributed by atoms with Crippen molar-refractivity contribution in [3.8, 4) is 11.5 Å². The molecule has 7 heteroatoms. The van der Waals surface area contributed by atoms with E-state index >= 15 is 0 Å². The van der Waals surface area contributed by atoms with Gasteiger partial charge in [0.25, 0.3) is 0 Å². The number of aryl methyl sites for hydroxylation is 1. The number of hydrogen-bond donors (Lipinski definition) is 0. The van der Waals surface area contributed by atoms with Gasteiger partial charge in [-0.15, -0.1) is 0 Å². The quantitative estimate of drug-likeness (QED) is 0.678. The van der Waals surface area contributed by atoms with Crippen molar-refractivity contribution in [1.29, 1.82) is 0 Å². The van der Waals surface area contributed by atoms with E-state index in [1.165, 1.54) is 13.4 Å². The predicted molar refractivity (Wildman–Crippen MR) is 87.7 cm³/mol. The van der Waals surface area contributed by atoms with Gasteiger partial charge in [0.15, 0.2) is 11.5 Å². The van der Waals surface area contributed by atoms with E-state index in [2.05, 4.69) is 4.74 Å². The molecule has 1 aromatic heterocycles. The third kappa shape index (κ3) is 4.53. The Balaban J connectivity index is 1.92. The summed E-state index contributed by atoms with van der Waals surface area (Å²) in [4.78, 5) is 23.5. The van der Waals surface area contributed by atoms with Crippen LogP contribution in [-0.2, 0) is 27.3 Å². The second-order valence-electron chi connectivity index (χ2n) is 5.08. The Hall–Kier alpha value is -2.96. The summed E-state index contributed by atoms with van der Waals surface area (Å²) in [6, 6.07) is 7.04. The monoisotopic (exact) mass is 348 g/mol. The van der Waals surface area contributed by atoms with Crippen molar-refractivity contribution in [2.24, 2.45) is 0 Å². The number of benzene rings is 1. The molecule has 134 valence electrons. The van der Waals surface area contributed by atoms with Gasteiger partial charge in [-0.2, -0.15) is 0 Å². The van der Waals surface area contributed by atoms with Crippen LogP contribution in [0.4, 0.5) is 0 Å². The first kappa shape index (κ1) is 18.4. The maximum atomic E-state index is 12.0. The number of esters is 2. The van der Waals surface area contributed by atoms with Gasteiger partial charge in [-0.05, 0) is 24.1 Å². The molecule has 25 heavy (non-hydrogen) atoms. The number of furan rings is 1. The Kier molecular flexibility index (Phi) is 6.45. The molecule has 0 aliphatic heterocycles. The van der Waals surface area contributed by atoms with Crippen LogP contribution in [0.5, 0.6) is 11.5 Å². The van der Waals surface area contributed by atoms with Crippen LogP contribution in [0.25, 0.3) is 0 Å². The molecule has 0 spiro atoms. The van der Waals surface area contributed by atoms with Gasteiger partial charge in [-0.1, -0.05) is 12.1 Å². The van der Waals surface area contributed by atoms with E-state index in [4.69, 9.17) is 18.6 Å². The molecule has 7 nitrogen and oxygen atoms in total. The molecule has 1 aromatic carbocycles. The summed E-state index contributed by atoms with van der Waals surface area (Å²) >= 11 is 0. The van der Waals surface area contributed by atoms with Crippen molar-refractivity contribution in [2.45, 2.75) is 19.4 Å². The minimum atomic E-state index is -0.614. The van der Waals surface area contributed by atoms with Gasteiger partial charge in [0, 0.05) is 12.0 Å². The van der Waals surface area contributed by atoms with Crippen molar-refractivity contribution < 1.29 is 33.0 Å². The van der Waals surface area contributed by atoms with Crippen LogP contribution in [0.2, 0.25) is 0 Å². The Bertz CT molecular complexity index is 733. The van der Waals surface area contributed by atoms with Crippen LogP contribution in [0.3, 0.4) is 0 Å². The molecule has 0 bridgehead atoms. The van der Waals surface area contributed by atoms with Gasteiger partial charge in [0.2, 0.25) is 5.76 Å². The zero-order valence-corrected chi connectivity index (χ0v) is 14.4. The number of ether oxygens (including phenoxy) is 4. The first-order chi connectivity index (χ1) is 12.1. The van der Waals surface area contributed by atoms with E-state index in [1.807, 2.05) is 12.1 Å². The van der Waals surface area contributed by atoms with Crippen molar-refractivity contribution in [3.05, 3.63) is 47.4 Å². The summed E-state index contributed by atoms with van der Waals surface area (Å²) in [6.07, 6.45) is 1.94. The topological polar surface area (TPSA) is 84.2 Å². The van der Waals surface area contributed by atoms with E-state index in [0.717, 1.165) is 5.56 Å². The van der Waals surface area contributed by atoms with Gasteiger partial charge < -0.3 is 23.4 Å². The third-order valence-corrected chi connectivity index (χ3v) is 3.59. The van der Waals surface area contributed by atoms with E-state index < -0.39 is 11.9 Å². The molecule has 0 aliphatic rings. The van der Waals surface area contributed by atoms with Crippen LogP contribution in [0.1, 0.15) is 28.1 Å². The Morgan fingerprint density at radius 1 is 1.04 bits per heavy atom. The number of methoxy groups -OCH3 is 3. The van der Waals surface area contributed by atoms with Crippen LogP contribution in [0.15, 0.2) is 34.9 Å². The Labute approximate surface area is 145 Å². The maximum absolute atomic E-state index is 12.0. The summed E-state index contributed by atoms with van der Waals surface area (Å²) in [5, 5.41) is 0. The smallest absolute Gasteiger partial charge is 0.374 e. The highest BCUT2D eigenvalue weighted by molar-refractivity contribution is 5.87. The second kappa shape index (κ2) is 8.77. The van der Waals surface area contributed by atoms with Gasteiger partial charge in [-0.3, -0.25) is 4.79 Å². The first-order valence-electron chi connectivity index (χ1n) is 7.60. The summed E-state index contributed by atoms with van der Waals surface area (Å²) in [5.41, 5.74) is 1.30. The lowest BCUT2D eigenvalue weighted by Gasteiger charge is -2.12. The standard InChI is InChI=1S/C18H20O7/c1-21-14-6-4-5-12(16(14)22-2)7-8-15(19)25-11-13-9-10-24-17(13)18(20)23-3/h4-6,9-10H,7-8,11H2,1-3H3. The van der Waals surface area contributed by atoms with Crippen molar-refractivity contribution in [3.63, 3.8) is 0 Å². The van der Waals surface area contributed by atoms with Crippen LogP contribution in [-0.4, -0.2) is 33.3 Å². The molecule has 0 aliphatic carbocycles. The molecule has 0 N–H and O–H groups in total. The van der Waals surface area contributed by atoms with Gasteiger partial charge in [0.1, 0.15) is 6.61 Å². The minimum absolute atomic E-state index is 0.0322. The molecule has 2 rings (SSSR count). The Morgan fingerprint density at radius 3 is 2.52 bits per heavy atom. The van der Waals surface area contributed by atoms with Gasteiger partial charge in [0.05, 0.1) is 27.6 Å². The highest BCUT2D eigenvalue weighted by Crippen LogP contribution is 2.31. The van der Waals surface area contributed by atoms with E-state index in [9.17, 15) is 9.59 Å². The molecule has 0 saturated carbocycles. The summed E-state index contributed by atoms with van der Waals surface area (Å²) < 4.78 is 25.4. The molecule has 2 aromatic rings. The third-order valence-electron chi connectivity index (χ3n) is 3.59. The average molecular weight is 348 g/mol. The van der Waals surface area contributed by atoms with Crippen molar-refractivity contribution >= 4 is 11.9 Å². The normalized spacial score (nSPS) is 10.2. The SMILES string of the molecule is COC(=O)c1occc1COC(=O)CCc1cccc(OC)c1OC. The first-order valence-corrected chi connectivity index (χ1v) is 7.60. The number of hydrogen-bond acceptors (Lipinski definition) is 7. The highest BCUT2D eigenvalue weighted by atomic mass is 16.5. The van der Waals surface area contributed by atoms with Crippen LogP contribution >= 0.6 is 0 Å². The molecule has 0 radical (unpaired) electrons. The fraction of sp³-hybridized carbons (Fsp3) is 0.333. The summed E-state index contributed by atoms with van der Waals surface area (Å²) in [5.74, 6) is 0.221. The van der Waals surface area contributed by atoms with Gasteiger partial charge >= 0.3 is 11.9 Å². The number of carbonyl (C=O) groups is 2. The largest absolute Gasteiger partial charge is 0.493 e. The lowest BCUT2D eigenvalue weighted by atomic mass is 10.1. The minimum Gasteiger partial charge on any atom is -0.493 e. The number of rotatable bonds is 8. The lowest BCUT2D eigenvalue weighted by molar-refractivity contribution is -0.144. The van der Waals surface area contributed by atoms with Crippen LogP contribution < -0.4 is 9.47 Å². The number of carbonyl (C=O) groups excluding carboxylic acids is 2. The van der Waals surface area contributed by atoms with E-state index in [-0.39, 0.29) is 18.8 Å². The van der Waals surface area contributed by atoms with Crippen molar-refractivity contribution in [2.75, 3.05) is 21.3 Å². The molecular formula is C18H20O7. The fourth-order valence-corrected chi connectivity index (χ4v) is 2.34. The Morgan fingerprint density at radius 2 is 1.84 bits per heavy atom. The van der Waals surface area contributed by atoms with Crippen molar-refractivity contribution in [1.82, 2.24) is 0 Å². The second-order valence-corrected chi connectivity index (χ2v) is 5.08. The summed E-state index contributed by atoms with van der Waals surface area (Å²) in [7, 11) is 4.36. The maximum Gasteiger partial charge on any atom is 0.374 e. The number of para-hydroxylation sites is 1.